The maximum Gasteiger partial charge on any atom is 0.223 e. The number of hydrogen-bond donors (Lipinski definition) is 2. The van der Waals surface area contributed by atoms with Gasteiger partial charge in [-0.1, -0.05) is 45.0 Å². The molecule has 5 heteroatoms. The van der Waals surface area contributed by atoms with Crippen molar-refractivity contribution < 1.29 is 14.7 Å². The number of rotatable bonds is 5. The number of carbonyl (C=O) groups is 2. The van der Waals surface area contributed by atoms with Crippen molar-refractivity contribution in [3.63, 3.8) is 0 Å². The molecule has 0 aliphatic carbocycles. The number of nitrogens with zero attached hydrogens (tertiary/aromatic N) is 1. The van der Waals surface area contributed by atoms with E-state index in [1.165, 1.54) is 6.92 Å². The monoisotopic (exact) mass is 344 g/mol. The summed E-state index contributed by atoms with van der Waals surface area (Å²) in [5.74, 6) is -0.207. The first-order chi connectivity index (χ1) is 11.7. The van der Waals surface area contributed by atoms with Gasteiger partial charge in [0.15, 0.2) is 0 Å². The zero-order valence-corrected chi connectivity index (χ0v) is 15.5. The zero-order chi connectivity index (χ0) is 18.6. The topological polar surface area (TPSA) is 69.6 Å². The van der Waals surface area contributed by atoms with E-state index in [-0.39, 0.29) is 42.3 Å². The largest absolute Gasteiger partial charge is 0.396 e. The van der Waals surface area contributed by atoms with E-state index in [4.69, 9.17) is 0 Å². The Morgan fingerprint density at radius 2 is 1.96 bits per heavy atom. The standard InChI is InChI=1S/C20H28N2O3/c1-14(24)22-11-9-15-7-5-6-8-16(15)17(22)13-19(25)21-18(10-12-23)20(2,3)4/h5-9,11,17-18,23H,10,12-13H2,1-4H3,(H,21,25). The van der Waals surface area contributed by atoms with Crippen LogP contribution in [0.2, 0.25) is 0 Å². The van der Waals surface area contributed by atoms with Crippen LogP contribution in [0.1, 0.15) is 57.7 Å². The average Bonchev–Trinajstić information content (AvgIpc) is 2.53. The summed E-state index contributed by atoms with van der Waals surface area (Å²) in [5.41, 5.74) is 1.86. The molecule has 0 spiro atoms. The molecule has 1 aromatic rings. The second-order valence-corrected chi connectivity index (χ2v) is 7.59. The third kappa shape index (κ3) is 4.69. The molecule has 0 radical (unpaired) electrons. The summed E-state index contributed by atoms with van der Waals surface area (Å²) in [4.78, 5) is 26.3. The van der Waals surface area contributed by atoms with Crippen molar-refractivity contribution in [2.24, 2.45) is 5.41 Å². The lowest BCUT2D eigenvalue weighted by atomic mass is 9.84. The average molecular weight is 344 g/mol. The molecule has 2 N–H and O–H groups in total. The lowest BCUT2D eigenvalue weighted by Crippen LogP contribution is -2.45. The number of nitrogens with one attached hydrogen (secondary N) is 1. The van der Waals surface area contributed by atoms with Gasteiger partial charge in [0, 0.05) is 25.8 Å². The number of amides is 2. The van der Waals surface area contributed by atoms with Gasteiger partial charge in [-0.2, -0.15) is 0 Å². The fourth-order valence-electron chi connectivity index (χ4n) is 3.19. The molecule has 1 aromatic carbocycles. The molecule has 0 saturated carbocycles. The van der Waals surface area contributed by atoms with E-state index >= 15 is 0 Å². The molecule has 2 rings (SSSR count). The van der Waals surface area contributed by atoms with Crippen molar-refractivity contribution >= 4 is 17.9 Å². The summed E-state index contributed by atoms with van der Waals surface area (Å²) in [5, 5.41) is 12.3. The minimum Gasteiger partial charge on any atom is -0.396 e. The van der Waals surface area contributed by atoms with Crippen LogP contribution < -0.4 is 5.32 Å². The lowest BCUT2D eigenvalue weighted by Gasteiger charge is -2.34. The molecule has 0 bridgehead atoms. The Morgan fingerprint density at radius 3 is 2.56 bits per heavy atom. The van der Waals surface area contributed by atoms with E-state index < -0.39 is 0 Å². The number of fused-ring (bicyclic) bond motifs is 1. The fourth-order valence-corrected chi connectivity index (χ4v) is 3.19. The molecule has 0 fully saturated rings. The van der Waals surface area contributed by atoms with Gasteiger partial charge in [0.1, 0.15) is 0 Å². The summed E-state index contributed by atoms with van der Waals surface area (Å²) < 4.78 is 0. The van der Waals surface area contributed by atoms with Gasteiger partial charge in [-0.3, -0.25) is 9.59 Å². The highest BCUT2D eigenvalue weighted by Crippen LogP contribution is 2.33. The highest BCUT2D eigenvalue weighted by molar-refractivity contribution is 5.82. The highest BCUT2D eigenvalue weighted by Gasteiger charge is 2.31. The van der Waals surface area contributed by atoms with Crippen LogP contribution in [-0.4, -0.2) is 34.5 Å². The van der Waals surface area contributed by atoms with E-state index in [1.807, 2.05) is 51.1 Å². The van der Waals surface area contributed by atoms with Crippen LogP contribution in [0.25, 0.3) is 6.08 Å². The molecule has 0 aromatic heterocycles. The van der Waals surface area contributed by atoms with Gasteiger partial charge in [-0.15, -0.1) is 0 Å². The van der Waals surface area contributed by atoms with Crippen LogP contribution in [0.4, 0.5) is 0 Å². The second kappa shape index (κ2) is 7.83. The molecule has 1 aliphatic rings. The Balaban J connectivity index is 2.19. The van der Waals surface area contributed by atoms with Gasteiger partial charge in [0.2, 0.25) is 11.8 Å². The minimum atomic E-state index is -0.312. The van der Waals surface area contributed by atoms with Crippen molar-refractivity contribution in [3.05, 3.63) is 41.6 Å². The molecule has 136 valence electrons. The molecule has 25 heavy (non-hydrogen) atoms. The first-order valence-electron chi connectivity index (χ1n) is 8.70. The Bertz CT molecular complexity index is 661. The second-order valence-electron chi connectivity index (χ2n) is 7.59. The molecule has 2 unspecified atom stereocenters. The Kier molecular flexibility index (Phi) is 6.01. The highest BCUT2D eigenvalue weighted by atomic mass is 16.3. The summed E-state index contributed by atoms with van der Waals surface area (Å²) in [6, 6.07) is 7.38. The minimum absolute atomic E-state index is 0.0246. The summed E-state index contributed by atoms with van der Waals surface area (Å²) in [6.07, 6.45) is 4.35. The predicted molar refractivity (Wildman–Crippen MR) is 98.4 cm³/mol. The van der Waals surface area contributed by atoms with Crippen LogP contribution in [0, 0.1) is 5.41 Å². The smallest absolute Gasteiger partial charge is 0.223 e. The molecule has 1 heterocycles. The molecule has 0 saturated heterocycles. The molecular formula is C20H28N2O3. The van der Waals surface area contributed by atoms with E-state index in [0.717, 1.165) is 11.1 Å². The lowest BCUT2D eigenvalue weighted by molar-refractivity contribution is -0.130. The van der Waals surface area contributed by atoms with Crippen molar-refractivity contribution in [3.8, 4) is 0 Å². The third-order valence-corrected chi connectivity index (χ3v) is 4.65. The molecule has 2 atom stereocenters. The van der Waals surface area contributed by atoms with Gasteiger partial charge < -0.3 is 15.3 Å². The van der Waals surface area contributed by atoms with E-state index in [2.05, 4.69) is 5.32 Å². The first kappa shape index (κ1) is 19.2. The van der Waals surface area contributed by atoms with Crippen LogP contribution >= 0.6 is 0 Å². The number of aliphatic hydroxyl groups excluding tert-OH is 1. The number of carbonyl (C=O) groups excluding carboxylic acids is 2. The fraction of sp³-hybridized carbons (Fsp3) is 0.500. The maximum absolute atomic E-state index is 12.7. The maximum atomic E-state index is 12.7. The first-order valence-corrected chi connectivity index (χ1v) is 8.70. The van der Waals surface area contributed by atoms with Gasteiger partial charge in [0.05, 0.1) is 12.5 Å². The molecule has 1 aliphatic heterocycles. The SMILES string of the molecule is CC(=O)N1C=Cc2ccccc2C1CC(=O)NC(CCO)C(C)(C)C. The Morgan fingerprint density at radius 1 is 1.28 bits per heavy atom. The van der Waals surface area contributed by atoms with Crippen molar-refractivity contribution in [1.82, 2.24) is 10.2 Å². The van der Waals surface area contributed by atoms with Crippen LogP contribution in [0.3, 0.4) is 0 Å². The van der Waals surface area contributed by atoms with Gasteiger partial charge in [-0.05, 0) is 29.0 Å². The Hall–Kier alpha value is -2.14. The molecule has 2 amide bonds. The van der Waals surface area contributed by atoms with Crippen molar-refractivity contribution in [2.45, 2.75) is 52.6 Å². The summed E-state index contributed by atoms with van der Waals surface area (Å²) >= 11 is 0. The zero-order valence-electron chi connectivity index (χ0n) is 15.5. The van der Waals surface area contributed by atoms with Gasteiger partial charge in [-0.25, -0.2) is 0 Å². The quantitative estimate of drug-likeness (QED) is 0.863. The van der Waals surface area contributed by atoms with Crippen LogP contribution in [0.15, 0.2) is 30.5 Å². The summed E-state index contributed by atoms with van der Waals surface area (Å²) in [6.45, 7) is 7.64. The van der Waals surface area contributed by atoms with Gasteiger partial charge in [0.25, 0.3) is 0 Å². The summed E-state index contributed by atoms with van der Waals surface area (Å²) in [7, 11) is 0. The predicted octanol–water partition coefficient (Wildman–Crippen LogP) is 2.86. The molecule has 5 nitrogen and oxygen atoms in total. The number of benzene rings is 1. The van der Waals surface area contributed by atoms with E-state index in [9.17, 15) is 14.7 Å². The van der Waals surface area contributed by atoms with Crippen LogP contribution in [-0.2, 0) is 9.59 Å². The normalized spacial score (nSPS) is 17.8. The van der Waals surface area contributed by atoms with Crippen molar-refractivity contribution in [1.29, 1.82) is 0 Å². The third-order valence-electron chi connectivity index (χ3n) is 4.65. The number of aliphatic hydroxyl groups is 1. The van der Waals surface area contributed by atoms with Crippen LogP contribution in [0.5, 0.6) is 0 Å². The van der Waals surface area contributed by atoms with Crippen molar-refractivity contribution in [2.75, 3.05) is 6.61 Å². The van der Waals surface area contributed by atoms with E-state index in [0.29, 0.717) is 6.42 Å². The Labute approximate surface area is 149 Å². The number of hydrogen-bond acceptors (Lipinski definition) is 3. The van der Waals surface area contributed by atoms with Gasteiger partial charge >= 0.3 is 0 Å². The molecular weight excluding hydrogens is 316 g/mol. The van der Waals surface area contributed by atoms with E-state index in [1.54, 1.807) is 11.1 Å².